The standard InChI is InChI=1S/C24H22N4O.C9H9N3O/c1-17(25-2)22-14-20-9-7-8-19(13-12-18-15-26-27(3)16-18)23(20)24(29)28(22)21-10-5-4-6-11-21;1-3-6-4-12-9(10)7(5-13)8(6)11-2/h4-11,14-17,25H,1-3H3;3-5H,1-2H2,(H2,10,12). The van der Waals surface area contributed by atoms with Crippen LogP contribution in [0.2, 0.25) is 0 Å². The van der Waals surface area contributed by atoms with Gasteiger partial charge in [0.25, 0.3) is 5.56 Å². The molecule has 0 aliphatic carbocycles. The lowest BCUT2D eigenvalue weighted by Gasteiger charge is -2.19. The van der Waals surface area contributed by atoms with Crippen molar-refractivity contribution in [3.05, 3.63) is 118 Å². The molecule has 0 fully saturated rings. The number of benzene rings is 2. The molecule has 9 nitrogen and oxygen atoms in total. The summed E-state index contributed by atoms with van der Waals surface area (Å²) in [5.41, 5.74) is 10.0. The molecule has 3 heterocycles. The summed E-state index contributed by atoms with van der Waals surface area (Å²) >= 11 is 0. The Kier molecular flexibility index (Phi) is 9.22. The fourth-order valence-electron chi connectivity index (χ4n) is 4.41. The van der Waals surface area contributed by atoms with Gasteiger partial charge < -0.3 is 11.1 Å². The van der Waals surface area contributed by atoms with Gasteiger partial charge in [-0.1, -0.05) is 54.8 Å². The van der Waals surface area contributed by atoms with Gasteiger partial charge in [-0.3, -0.25) is 23.8 Å². The van der Waals surface area contributed by atoms with Crippen LogP contribution in [-0.4, -0.2) is 39.4 Å². The Balaban J connectivity index is 0.000000262. The van der Waals surface area contributed by atoms with Crippen LogP contribution in [-0.2, 0) is 7.05 Å². The number of para-hydroxylation sites is 1. The molecular weight excluding hydrogens is 526 g/mol. The summed E-state index contributed by atoms with van der Waals surface area (Å²) < 4.78 is 3.49. The molecule has 1 atom stereocenters. The van der Waals surface area contributed by atoms with Crippen molar-refractivity contribution in [2.45, 2.75) is 13.0 Å². The lowest BCUT2D eigenvalue weighted by molar-refractivity contribution is 0.112. The van der Waals surface area contributed by atoms with Gasteiger partial charge in [-0.25, -0.2) is 4.98 Å². The molecule has 0 aliphatic heterocycles. The second-order valence-corrected chi connectivity index (χ2v) is 9.32. The second kappa shape index (κ2) is 13.2. The van der Waals surface area contributed by atoms with Crippen molar-refractivity contribution in [3.63, 3.8) is 0 Å². The summed E-state index contributed by atoms with van der Waals surface area (Å²) in [6, 6.07) is 17.6. The maximum absolute atomic E-state index is 13.7. The zero-order chi connectivity index (χ0) is 30.2. The van der Waals surface area contributed by atoms with Gasteiger partial charge in [0, 0.05) is 48.0 Å². The highest BCUT2D eigenvalue weighted by molar-refractivity contribution is 5.92. The summed E-state index contributed by atoms with van der Waals surface area (Å²) in [6.45, 7) is 8.96. The average molecular weight is 558 g/mol. The number of hydrogen-bond acceptors (Lipinski definition) is 7. The first-order valence-corrected chi connectivity index (χ1v) is 13.1. The minimum atomic E-state index is -0.0677. The van der Waals surface area contributed by atoms with Gasteiger partial charge in [-0.15, -0.1) is 0 Å². The lowest BCUT2D eigenvalue weighted by atomic mass is 10.0. The molecule has 0 saturated heterocycles. The Morgan fingerprint density at radius 2 is 1.88 bits per heavy atom. The molecule has 1 unspecified atom stereocenters. The van der Waals surface area contributed by atoms with Crippen LogP contribution in [0.5, 0.6) is 0 Å². The number of carbonyl (C=O) groups excluding carboxylic acids is 1. The van der Waals surface area contributed by atoms with Gasteiger partial charge in [0.15, 0.2) is 6.29 Å². The largest absolute Gasteiger partial charge is 0.383 e. The highest BCUT2D eigenvalue weighted by atomic mass is 16.1. The number of fused-ring (bicyclic) bond motifs is 1. The van der Waals surface area contributed by atoms with Crippen LogP contribution in [0.1, 0.15) is 45.7 Å². The summed E-state index contributed by atoms with van der Waals surface area (Å²) in [5, 5.41) is 8.91. The number of nitrogens with two attached hydrogens (primary N) is 1. The molecule has 0 aliphatic rings. The number of aryl methyl sites for hydroxylation is 1. The van der Waals surface area contributed by atoms with Crippen molar-refractivity contribution in [1.29, 1.82) is 0 Å². The van der Waals surface area contributed by atoms with Crippen LogP contribution in [0.4, 0.5) is 11.5 Å². The third-order valence-corrected chi connectivity index (χ3v) is 6.66. The maximum atomic E-state index is 13.7. The number of pyridine rings is 2. The Bertz CT molecular complexity index is 1890. The molecule has 0 saturated carbocycles. The highest BCUT2D eigenvalue weighted by Gasteiger charge is 2.16. The van der Waals surface area contributed by atoms with Crippen LogP contribution in [0.25, 0.3) is 22.5 Å². The van der Waals surface area contributed by atoms with Crippen molar-refractivity contribution in [2.75, 3.05) is 12.8 Å². The number of aldehydes is 1. The van der Waals surface area contributed by atoms with E-state index in [1.165, 1.54) is 6.20 Å². The third kappa shape index (κ3) is 6.09. The smallest absolute Gasteiger partial charge is 0.264 e. The van der Waals surface area contributed by atoms with E-state index in [9.17, 15) is 9.59 Å². The number of nitrogens with one attached hydrogen (secondary N) is 1. The topological polar surface area (TPSA) is 120 Å². The van der Waals surface area contributed by atoms with Gasteiger partial charge in [0.2, 0.25) is 0 Å². The Hall–Kier alpha value is -5.59. The maximum Gasteiger partial charge on any atom is 0.264 e. The third-order valence-electron chi connectivity index (χ3n) is 6.66. The summed E-state index contributed by atoms with van der Waals surface area (Å²) in [7, 11) is 3.75. The van der Waals surface area contributed by atoms with E-state index in [4.69, 9.17) is 5.73 Å². The number of nitrogens with zero attached hydrogens (tertiary/aromatic N) is 5. The van der Waals surface area contributed by atoms with E-state index in [1.54, 1.807) is 21.5 Å². The summed E-state index contributed by atoms with van der Waals surface area (Å²) in [6.07, 6.45) is 7.22. The Morgan fingerprint density at radius 3 is 2.50 bits per heavy atom. The molecule has 3 N–H and O–H groups in total. The highest BCUT2D eigenvalue weighted by Crippen LogP contribution is 2.26. The Labute approximate surface area is 244 Å². The van der Waals surface area contributed by atoms with Crippen molar-refractivity contribution in [2.24, 2.45) is 12.0 Å². The molecule has 0 bridgehead atoms. The van der Waals surface area contributed by atoms with E-state index in [0.29, 0.717) is 28.5 Å². The average Bonchev–Trinajstić information content (AvgIpc) is 3.44. The summed E-state index contributed by atoms with van der Waals surface area (Å²) in [4.78, 5) is 31.8. The van der Waals surface area contributed by atoms with E-state index >= 15 is 0 Å². The predicted octanol–water partition coefficient (Wildman–Crippen LogP) is 4.86. The van der Waals surface area contributed by atoms with E-state index < -0.39 is 0 Å². The Morgan fingerprint density at radius 1 is 1.12 bits per heavy atom. The first-order valence-electron chi connectivity index (χ1n) is 13.1. The minimum Gasteiger partial charge on any atom is -0.383 e. The first-order chi connectivity index (χ1) is 20.3. The van der Waals surface area contributed by atoms with Crippen LogP contribution >= 0.6 is 0 Å². The number of rotatable bonds is 6. The lowest BCUT2D eigenvalue weighted by Crippen LogP contribution is -2.27. The van der Waals surface area contributed by atoms with E-state index in [1.807, 2.05) is 75.7 Å². The van der Waals surface area contributed by atoms with E-state index in [-0.39, 0.29) is 23.0 Å². The molecule has 3 aromatic heterocycles. The molecule has 9 heteroatoms. The molecule has 5 aromatic rings. The predicted molar refractivity (Wildman–Crippen MR) is 170 cm³/mol. The number of anilines is 1. The number of carbonyl (C=O) groups is 1. The molecule has 0 radical (unpaired) electrons. The van der Waals surface area contributed by atoms with E-state index in [0.717, 1.165) is 22.3 Å². The molecule has 0 spiro atoms. The second-order valence-electron chi connectivity index (χ2n) is 9.32. The van der Waals surface area contributed by atoms with Crippen LogP contribution in [0.15, 0.2) is 89.6 Å². The SMILES string of the molecule is C=Cc1cnc(N)c(C=O)c1N=C.CNC(C)c1cc2cccc(C#Cc3cnn(C)c3)c2c(=O)n1-c1ccccc1. The number of aliphatic imine (C=N–C) groups is 1. The number of aromatic nitrogens is 4. The summed E-state index contributed by atoms with van der Waals surface area (Å²) in [5.74, 6) is 6.44. The molecular formula is C33H31N7O2. The number of nitrogen functional groups attached to an aromatic ring is 1. The van der Waals surface area contributed by atoms with Crippen molar-refractivity contribution >= 4 is 41.4 Å². The van der Waals surface area contributed by atoms with Crippen molar-refractivity contribution in [3.8, 4) is 17.5 Å². The normalized spacial score (nSPS) is 11.0. The minimum absolute atomic E-state index is 0.0115. The van der Waals surface area contributed by atoms with Crippen molar-refractivity contribution < 1.29 is 4.79 Å². The zero-order valence-electron chi connectivity index (χ0n) is 23.7. The number of hydrogen-bond donors (Lipinski definition) is 2. The van der Waals surface area contributed by atoms with Crippen molar-refractivity contribution in [1.82, 2.24) is 24.6 Å². The molecule has 2 aromatic carbocycles. The molecule has 5 rings (SSSR count). The zero-order valence-corrected chi connectivity index (χ0v) is 23.7. The molecule has 210 valence electrons. The van der Waals surface area contributed by atoms with Gasteiger partial charge in [-0.2, -0.15) is 5.10 Å². The monoisotopic (exact) mass is 557 g/mol. The fourth-order valence-corrected chi connectivity index (χ4v) is 4.41. The molecule has 0 amide bonds. The van der Waals surface area contributed by atoms with Crippen LogP contribution in [0.3, 0.4) is 0 Å². The fraction of sp³-hybridized carbons (Fsp3) is 0.121. The van der Waals surface area contributed by atoms with E-state index in [2.05, 4.69) is 51.6 Å². The van der Waals surface area contributed by atoms with Gasteiger partial charge in [-0.05, 0) is 50.3 Å². The van der Waals surface area contributed by atoms with Crippen LogP contribution < -0.4 is 16.6 Å². The quantitative estimate of drug-likeness (QED) is 0.175. The van der Waals surface area contributed by atoms with Gasteiger partial charge in [0.1, 0.15) is 5.82 Å². The van der Waals surface area contributed by atoms with Gasteiger partial charge >= 0.3 is 0 Å². The van der Waals surface area contributed by atoms with Crippen LogP contribution in [0, 0.1) is 11.8 Å². The molecule has 42 heavy (non-hydrogen) atoms. The van der Waals surface area contributed by atoms with Gasteiger partial charge in [0.05, 0.1) is 28.4 Å². The first kappa shape index (κ1) is 29.4.